The van der Waals surface area contributed by atoms with E-state index < -0.39 is 5.97 Å². The minimum Gasteiger partial charge on any atom is -0.496 e. The summed E-state index contributed by atoms with van der Waals surface area (Å²) >= 11 is 0.856. The SMILES string of the molecule is C/C=C/C(=O)SCC(=O)OCc1cccc(/C=C/C(=O)c2cc(CO)c(CO)c(OC)c2)n1. The molecule has 174 valence electrons. The van der Waals surface area contributed by atoms with Gasteiger partial charge >= 0.3 is 5.97 Å². The fourth-order valence-electron chi connectivity index (χ4n) is 2.79. The summed E-state index contributed by atoms with van der Waals surface area (Å²) in [6, 6.07) is 8.09. The van der Waals surface area contributed by atoms with E-state index >= 15 is 0 Å². The number of rotatable bonds is 11. The van der Waals surface area contributed by atoms with E-state index in [1.54, 1.807) is 31.2 Å². The topological polar surface area (TPSA) is 123 Å². The van der Waals surface area contributed by atoms with Crippen LogP contribution in [0.25, 0.3) is 6.08 Å². The second-order valence-electron chi connectivity index (χ2n) is 6.65. The molecular formula is C24H25NO7S. The molecule has 0 saturated carbocycles. The smallest absolute Gasteiger partial charge is 0.316 e. The van der Waals surface area contributed by atoms with E-state index in [9.17, 15) is 24.6 Å². The second kappa shape index (κ2) is 13.3. The number of carbonyl (C=O) groups is 3. The lowest BCUT2D eigenvalue weighted by atomic mass is 10.0. The molecule has 9 heteroatoms. The van der Waals surface area contributed by atoms with Crippen LogP contribution in [-0.2, 0) is 34.1 Å². The molecule has 0 fully saturated rings. The number of aliphatic hydroxyl groups is 2. The van der Waals surface area contributed by atoms with E-state index in [1.807, 2.05) is 0 Å². The van der Waals surface area contributed by atoms with Crippen LogP contribution < -0.4 is 4.74 Å². The Morgan fingerprint density at radius 1 is 1.12 bits per heavy atom. The molecule has 2 N–H and O–H groups in total. The Balaban J connectivity index is 2.03. The van der Waals surface area contributed by atoms with Crippen LogP contribution in [0.4, 0.5) is 0 Å². The van der Waals surface area contributed by atoms with Crippen molar-refractivity contribution in [1.29, 1.82) is 0 Å². The van der Waals surface area contributed by atoms with Gasteiger partial charge in [0.2, 0.25) is 5.12 Å². The third kappa shape index (κ3) is 7.98. The highest BCUT2D eigenvalue weighted by molar-refractivity contribution is 8.14. The molecule has 0 radical (unpaired) electrons. The van der Waals surface area contributed by atoms with Crippen molar-refractivity contribution >= 4 is 34.7 Å². The van der Waals surface area contributed by atoms with Crippen LogP contribution in [0.15, 0.2) is 48.6 Å². The number of esters is 1. The van der Waals surface area contributed by atoms with Crippen LogP contribution in [0.1, 0.15) is 39.8 Å². The van der Waals surface area contributed by atoms with Gasteiger partial charge in [-0.25, -0.2) is 4.98 Å². The molecule has 0 saturated heterocycles. The molecule has 0 atom stereocenters. The molecule has 0 unspecified atom stereocenters. The summed E-state index contributed by atoms with van der Waals surface area (Å²) in [7, 11) is 1.42. The van der Waals surface area contributed by atoms with Gasteiger partial charge in [-0.2, -0.15) is 0 Å². The first kappa shape index (κ1) is 26.0. The number of benzene rings is 1. The summed E-state index contributed by atoms with van der Waals surface area (Å²) in [5.41, 5.74) is 2.09. The van der Waals surface area contributed by atoms with Crippen LogP contribution in [0.2, 0.25) is 0 Å². The highest BCUT2D eigenvalue weighted by Crippen LogP contribution is 2.25. The molecule has 1 aromatic carbocycles. The minimum absolute atomic E-state index is 0.0630. The lowest BCUT2D eigenvalue weighted by Crippen LogP contribution is -2.09. The number of thioether (sulfide) groups is 1. The highest BCUT2D eigenvalue weighted by atomic mass is 32.2. The Kier molecular flexibility index (Phi) is 10.5. The molecule has 2 rings (SSSR count). The molecule has 0 aliphatic heterocycles. The van der Waals surface area contributed by atoms with E-state index in [-0.39, 0.29) is 36.5 Å². The number of methoxy groups -OCH3 is 1. The average Bonchev–Trinajstić information content (AvgIpc) is 2.84. The summed E-state index contributed by atoms with van der Waals surface area (Å²) in [6.45, 7) is 0.983. The van der Waals surface area contributed by atoms with Gasteiger partial charge < -0.3 is 19.7 Å². The maximum Gasteiger partial charge on any atom is 0.316 e. The van der Waals surface area contributed by atoms with Crippen molar-refractivity contribution in [3.63, 3.8) is 0 Å². The number of pyridine rings is 1. The number of hydrogen-bond acceptors (Lipinski definition) is 9. The molecule has 0 spiro atoms. The van der Waals surface area contributed by atoms with Crippen molar-refractivity contribution in [3.05, 3.63) is 76.6 Å². The average molecular weight is 472 g/mol. The lowest BCUT2D eigenvalue weighted by Gasteiger charge is -2.12. The van der Waals surface area contributed by atoms with Gasteiger partial charge in [-0.15, -0.1) is 0 Å². The number of hydrogen-bond donors (Lipinski definition) is 2. The third-order valence-corrected chi connectivity index (χ3v) is 5.18. The summed E-state index contributed by atoms with van der Waals surface area (Å²) < 4.78 is 10.3. The Morgan fingerprint density at radius 2 is 1.91 bits per heavy atom. The molecule has 1 heterocycles. The van der Waals surface area contributed by atoms with Crippen molar-refractivity contribution in [2.24, 2.45) is 0 Å². The number of aromatic nitrogens is 1. The predicted octanol–water partition coefficient (Wildman–Crippen LogP) is 2.85. The quantitative estimate of drug-likeness (QED) is 0.289. The fourth-order valence-corrected chi connectivity index (χ4v) is 3.36. The molecule has 0 amide bonds. The van der Waals surface area contributed by atoms with Crippen molar-refractivity contribution in [3.8, 4) is 5.75 Å². The highest BCUT2D eigenvalue weighted by Gasteiger charge is 2.13. The summed E-state index contributed by atoms with van der Waals surface area (Å²) in [4.78, 5) is 40.1. The Hall–Kier alpha value is -3.27. The van der Waals surface area contributed by atoms with E-state index in [4.69, 9.17) is 9.47 Å². The fraction of sp³-hybridized carbons (Fsp3) is 0.250. The van der Waals surface area contributed by atoms with E-state index in [1.165, 1.54) is 37.5 Å². The van der Waals surface area contributed by atoms with Crippen molar-refractivity contribution in [1.82, 2.24) is 4.98 Å². The molecule has 2 aromatic rings. The summed E-state index contributed by atoms with van der Waals surface area (Å²) in [5, 5.41) is 18.8. The zero-order chi connectivity index (χ0) is 24.2. The summed E-state index contributed by atoms with van der Waals surface area (Å²) in [6.07, 6.45) is 5.82. The Labute approximate surface area is 195 Å². The molecule has 8 nitrogen and oxygen atoms in total. The third-order valence-electron chi connectivity index (χ3n) is 4.38. The molecule has 1 aromatic heterocycles. The molecule has 0 aliphatic rings. The zero-order valence-corrected chi connectivity index (χ0v) is 19.1. The standard InChI is InChI=1S/C24H25NO7S/c1-3-5-24(30)33-15-23(29)32-14-19-7-4-6-18(25-19)8-9-21(28)16-10-17(12-26)20(13-27)22(11-16)31-2/h3-11,26-27H,12-15H2,1-2H3/b5-3+,9-8+. The van der Waals surface area contributed by atoms with Gasteiger partial charge in [0, 0.05) is 11.1 Å². The van der Waals surface area contributed by atoms with Crippen LogP contribution >= 0.6 is 11.8 Å². The number of ketones is 1. The number of aliphatic hydroxyl groups excluding tert-OH is 2. The van der Waals surface area contributed by atoms with Gasteiger partial charge in [0.05, 0.1) is 37.5 Å². The molecule has 0 aliphatic carbocycles. The number of ether oxygens (including phenoxy) is 2. The number of carbonyl (C=O) groups excluding carboxylic acids is 3. The maximum absolute atomic E-state index is 12.6. The van der Waals surface area contributed by atoms with Crippen molar-refractivity contribution < 1.29 is 34.1 Å². The molecule has 0 bridgehead atoms. The first-order valence-electron chi connectivity index (χ1n) is 9.96. The van der Waals surface area contributed by atoms with Gasteiger partial charge in [-0.05, 0) is 55.0 Å². The van der Waals surface area contributed by atoms with Gasteiger partial charge in [0.15, 0.2) is 5.78 Å². The van der Waals surface area contributed by atoms with E-state index in [0.717, 1.165) is 11.8 Å². The monoisotopic (exact) mass is 471 g/mol. The van der Waals surface area contributed by atoms with Crippen LogP contribution in [0.3, 0.4) is 0 Å². The van der Waals surface area contributed by atoms with Crippen LogP contribution in [-0.4, -0.2) is 44.9 Å². The molecular weight excluding hydrogens is 446 g/mol. The van der Waals surface area contributed by atoms with Gasteiger partial charge in [0.1, 0.15) is 12.4 Å². The van der Waals surface area contributed by atoms with Crippen LogP contribution in [0.5, 0.6) is 5.75 Å². The van der Waals surface area contributed by atoms with E-state index in [2.05, 4.69) is 4.98 Å². The van der Waals surface area contributed by atoms with Gasteiger partial charge in [-0.3, -0.25) is 14.4 Å². The number of nitrogens with zero attached hydrogens (tertiary/aromatic N) is 1. The van der Waals surface area contributed by atoms with Gasteiger partial charge in [0.25, 0.3) is 0 Å². The largest absolute Gasteiger partial charge is 0.496 e. The Morgan fingerprint density at radius 3 is 2.58 bits per heavy atom. The zero-order valence-electron chi connectivity index (χ0n) is 18.3. The lowest BCUT2D eigenvalue weighted by molar-refractivity contribution is -0.141. The predicted molar refractivity (Wildman–Crippen MR) is 125 cm³/mol. The molecule has 33 heavy (non-hydrogen) atoms. The first-order chi connectivity index (χ1) is 15.9. The Bertz CT molecular complexity index is 1040. The van der Waals surface area contributed by atoms with Gasteiger partial charge in [-0.1, -0.05) is 23.9 Å². The maximum atomic E-state index is 12.6. The minimum atomic E-state index is -0.532. The number of allylic oxidation sites excluding steroid dienone is 2. The van der Waals surface area contributed by atoms with Crippen molar-refractivity contribution in [2.75, 3.05) is 12.9 Å². The normalized spacial score (nSPS) is 11.2. The van der Waals surface area contributed by atoms with E-state index in [0.29, 0.717) is 33.8 Å². The first-order valence-corrected chi connectivity index (χ1v) is 10.9. The van der Waals surface area contributed by atoms with Crippen LogP contribution in [0, 0.1) is 0 Å². The summed E-state index contributed by atoms with van der Waals surface area (Å²) in [5.74, 6) is -0.649. The second-order valence-corrected chi connectivity index (χ2v) is 7.63. The van der Waals surface area contributed by atoms with Crippen molar-refractivity contribution in [2.45, 2.75) is 26.7 Å².